The number of amides is 1. The first-order valence-corrected chi connectivity index (χ1v) is 5.92. The van der Waals surface area contributed by atoms with Gasteiger partial charge >= 0.3 is 5.97 Å². The van der Waals surface area contributed by atoms with Gasteiger partial charge in [-0.1, -0.05) is 0 Å². The Kier molecular flexibility index (Phi) is 3.82. The minimum absolute atomic E-state index is 0.190. The summed E-state index contributed by atoms with van der Waals surface area (Å²) >= 11 is 0. The van der Waals surface area contributed by atoms with Gasteiger partial charge in [0.1, 0.15) is 0 Å². The summed E-state index contributed by atoms with van der Waals surface area (Å²) in [7, 11) is 0. The molecule has 0 aliphatic rings. The van der Waals surface area contributed by atoms with Crippen LogP contribution in [0, 0.1) is 0 Å². The lowest BCUT2D eigenvalue weighted by Gasteiger charge is -2.11. The molecule has 6 nitrogen and oxygen atoms in total. The van der Waals surface area contributed by atoms with Gasteiger partial charge in [-0.15, -0.1) is 0 Å². The van der Waals surface area contributed by atoms with E-state index in [9.17, 15) is 9.59 Å². The van der Waals surface area contributed by atoms with E-state index in [0.717, 1.165) is 10.9 Å². The number of carbonyl (C=O) groups is 2. The number of carbonyl (C=O) groups excluding carboxylic acids is 2. The summed E-state index contributed by atoms with van der Waals surface area (Å²) in [5.41, 5.74) is 7.04. The fraction of sp³-hybridized carbons (Fsp3) is 0.231. The van der Waals surface area contributed by atoms with Gasteiger partial charge in [0.15, 0.2) is 6.04 Å². The van der Waals surface area contributed by atoms with Crippen LogP contribution in [0.2, 0.25) is 0 Å². The Bertz CT molecular complexity index is 606. The van der Waals surface area contributed by atoms with Crippen molar-refractivity contribution in [3.8, 4) is 0 Å². The molecule has 19 heavy (non-hydrogen) atoms. The third-order valence-electron chi connectivity index (χ3n) is 2.64. The molecule has 2 aromatic rings. The highest BCUT2D eigenvalue weighted by Crippen LogP contribution is 2.17. The molecule has 2 rings (SSSR count). The lowest BCUT2D eigenvalue weighted by atomic mass is 10.2. The molecule has 100 valence electrons. The van der Waals surface area contributed by atoms with Gasteiger partial charge < -0.3 is 20.8 Å². The molecular formula is C13H15N3O3. The summed E-state index contributed by atoms with van der Waals surface area (Å²) in [5, 5.41) is 3.54. The highest BCUT2D eigenvalue weighted by Gasteiger charge is 2.23. The summed E-state index contributed by atoms with van der Waals surface area (Å²) < 4.78 is 4.69. The van der Waals surface area contributed by atoms with Crippen molar-refractivity contribution in [1.29, 1.82) is 0 Å². The number of hydrogen-bond donors (Lipinski definition) is 3. The number of nitrogens with two attached hydrogens (primary N) is 1. The molecule has 1 aromatic carbocycles. The molecule has 0 radical (unpaired) electrons. The van der Waals surface area contributed by atoms with Crippen LogP contribution < -0.4 is 11.1 Å². The van der Waals surface area contributed by atoms with E-state index in [-0.39, 0.29) is 6.61 Å². The molecule has 4 N–H and O–H groups in total. The molecule has 1 amide bonds. The monoisotopic (exact) mass is 261 g/mol. The van der Waals surface area contributed by atoms with Crippen LogP contribution in [0.15, 0.2) is 30.5 Å². The van der Waals surface area contributed by atoms with Crippen molar-refractivity contribution in [2.75, 3.05) is 11.9 Å². The second-order valence-corrected chi connectivity index (χ2v) is 4.00. The lowest BCUT2D eigenvalue weighted by Crippen LogP contribution is -2.43. The Morgan fingerprint density at radius 1 is 1.42 bits per heavy atom. The van der Waals surface area contributed by atoms with Gasteiger partial charge in [-0.3, -0.25) is 4.79 Å². The highest BCUT2D eigenvalue weighted by molar-refractivity contribution is 6.08. The number of anilines is 1. The molecule has 0 fully saturated rings. The Morgan fingerprint density at radius 2 is 2.21 bits per heavy atom. The molecule has 1 unspecified atom stereocenters. The minimum Gasteiger partial charge on any atom is -0.464 e. The van der Waals surface area contributed by atoms with Crippen molar-refractivity contribution in [2.45, 2.75) is 13.0 Å². The number of fused-ring (bicyclic) bond motifs is 1. The fourth-order valence-electron chi connectivity index (χ4n) is 1.69. The van der Waals surface area contributed by atoms with Crippen molar-refractivity contribution >= 4 is 28.5 Å². The third-order valence-corrected chi connectivity index (χ3v) is 2.64. The van der Waals surface area contributed by atoms with E-state index in [1.54, 1.807) is 25.3 Å². The van der Waals surface area contributed by atoms with Gasteiger partial charge in [0, 0.05) is 22.8 Å². The summed E-state index contributed by atoms with van der Waals surface area (Å²) in [5.74, 6) is -1.32. The second kappa shape index (κ2) is 5.53. The average Bonchev–Trinajstić information content (AvgIpc) is 2.85. The van der Waals surface area contributed by atoms with Crippen LogP contribution in [0.25, 0.3) is 10.9 Å². The zero-order valence-corrected chi connectivity index (χ0v) is 10.5. The maximum absolute atomic E-state index is 11.8. The quantitative estimate of drug-likeness (QED) is 0.565. The molecule has 1 aromatic heterocycles. The largest absolute Gasteiger partial charge is 0.464 e. The number of aromatic nitrogens is 1. The molecule has 0 spiro atoms. The smallest absolute Gasteiger partial charge is 0.332 e. The van der Waals surface area contributed by atoms with Crippen molar-refractivity contribution in [1.82, 2.24) is 4.98 Å². The fourth-order valence-corrected chi connectivity index (χ4v) is 1.69. The van der Waals surface area contributed by atoms with E-state index in [1.165, 1.54) is 0 Å². The standard InChI is InChI=1S/C13H15N3O3/c1-2-19-13(18)11(14)12(17)16-9-3-4-10-8(7-9)5-6-15-10/h3-7,11,15H,2,14H2,1H3,(H,16,17). The normalized spacial score (nSPS) is 12.1. The number of aromatic amines is 1. The number of benzene rings is 1. The summed E-state index contributed by atoms with van der Waals surface area (Å²) in [4.78, 5) is 26.1. The molecule has 1 heterocycles. The first kappa shape index (κ1) is 13.1. The number of H-pyrrole nitrogens is 1. The lowest BCUT2D eigenvalue weighted by molar-refractivity contribution is -0.146. The van der Waals surface area contributed by atoms with Crippen molar-refractivity contribution < 1.29 is 14.3 Å². The van der Waals surface area contributed by atoms with E-state index in [4.69, 9.17) is 10.5 Å². The topological polar surface area (TPSA) is 97.2 Å². The zero-order chi connectivity index (χ0) is 13.8. The Morgan fingerprint density at radius 3 is 2.95 bits per heavy atom. The molecule has 0 bridgehead atoms. The predicted molar refractivity (Wildman–Crippen MR) is 71.5 cm³/mol. The zero-order valence-electron chi connectivity index (χ0n) is 10.5. The van der Waals surface area contributed by atoms with Crippen LogP contribution in [0.3, 0.4) is 0 Å². The average molecular weight is 261 g/mol. The van der Waals surface area contributed by atoms with E-state index in [0.29, 0.717) is 5.69 Å². The van der Waals surface area contributed by atoms with Gasteiger partial charge in [-0.05, 0) is 31.2 Å². The molecule has 0 aliphatic carbocycles. The molecular weight excluding hydrogens is 246 g/mol. The van der Waals surface area contributed by atoms with E-state index in [1.807, 2.05) is 12.1 Å². The van der Waals surface area contributed by atoms with Crippen LogP contribution in [0.1, 0.15) is 6.92 Å². The molecule has 0 saturated carbocycles. The Balaban J connectivity index is 2.07. The van der Waals surface area contributed by atoms with Crippen molar-refractivity contribution in [2.24, 2.45) is 5.73 Å². The van der Waals surface area contributed by atoms with E-state index in [2.05, 4.69) is 10.3 Å². The Hall–Kier alpha value is -2.34. The van der Waals surface area contributed by atoms with Crippen LogP contribution >= 0.6 is 0 Å². The van der Waals surface area contributed by atoms with Crippen LogP contribution in [-0.2, 0) is 14.3 Å². The second-order valence-electron chi connectivity index (χ2n) is 4.00. The van der Waals surface area contributed by atoms with E-state index < -0.39 is 17.9 Å². The first-order chi connectivity index (χ1) is 9.11. The molecule has 0 aliphatic heterocycles. The maximum Gasteiger partial charge on any atom is 0.332 e. The van der Waals surface area contributed by atoms with Crippen molar-refractivity contribution in [3.63, 3.8) is 0 Å². The molecule has 1 atom stereocenters. The van der Waals surface area contributed by atoms with Crippen LogP contribution in [0.4, 0.5) is 5.69 Å². The van der Waals surface area contributed by atoms with Gasteiger partial charge in [0.05, 0.1) is 6.61 Å². The first-order valence-electron chi connectivity index (χ1n) is 5.92. The van der Waals surface area contributed by atoms with Gasteiger partial charge in [0.25, 0.3) is 5.91 Å². The van der Waals surface area contributed by atoms with Crippen LogP contribution in [-0.4, -0.2) is 29.5 Å². The van der Waals surface area contributed by atoms with E-state index >= 15 is 0 Å². The maximum atomic E-state index is 11.8. The van der Waals surface area contributed by atoms with Gasteiger partial charge in [0.2, 0.25) is 0 Å². The highest BCUT2D eigenvalue weighted by atomic mass is 16.5. The summed E-state index contributed by atoms with van der Waals surface area (Å²) in [6.45, 7) is 1.84. The summed E-state index contributed by atoms with van der Waals surface area (Å²) in [6, 6.07) is 5.93. The molecule has 6 heteroatoms. The number of hydrogen-bond acceptors (Lipinski definition) is 4. The third kappa shape index (κ3) is 2.92. The van der Waals surface area contributed by atoms with Crippen molar-refractivity contribution in [3.05, 3.63) is 30.5 Å². The number of ether oxygens (including phenoxy) is 1. The van der Waals surface area contributed by atoms with Crippen LogP contribution in [0.5, 0.6) is 0 Å². The number of rotatable bonds is 4. The molecule has 0 saturated heterocycles. The predicted octanol–water partition coefficient (Wildman–Crippen LogP) is 0.997. The SMILES string of the molecule is CCOC(=O)C(N)C(=O)Nc1ccc2[nH]ccc2c1. The minimum atomic E-state index is -1.32. The number of esters is 1. The summed E-state index contributed by atoms with van der Waals surface area (Å²) in [6.07, 6.45) is 1.81. The number of nitrogens with one attached hydrogen (secondary N) is 2. The van der Waals surface area contributed by atoms with Gasteiger partial charge in [-0.2, -0.15) is 0 Å². The Labute approximate surface area is 109 Å². The van der Waals surface area contributed by atoms with Gasteiger partial charge in [-0.25, -0.2) is 4.79 Å².